The number of unbranched alkanes of at least 4 members (excludes halogenated alkanes) is 31. The van der Waals surface area contributed by atoms with Crippen LogP contribution in [0.4, 0.5) is 0 Å². The second-order valence-corrected chi connectivity index (χ2v) is 20.3. The number of rotatable bonds is 48. The molecule has 0 aromatic heterocycles. The van der Waals surface area contributed by atoms with E-state index < -0.39 is 6.10 Å². The van der Waals surface area contributed by atoms with Crippen molar-refractivity contribution in [1.82, 2.24) is 0 Å². The molecular weight excluding hydrogens is 757 g/mol. The van der Waals surface area contributed by atoms with Crippen molar-refractivity contribution < 1.29 is 28.6 Å². The molecule has 0 aliphatic carbocycles. The monoisotopic (exact) mass is 863 g/mol. The van der Waals surface area contributed by atoms with E-state index in [1.54, 1.807) is 0 Å². The quantitative estimate of drug-likeness (QED) is 0.0344. The van der Waals surface area contributed by atoms with Crippen molar-refractivity contribution in [2.45, 2.75) is 304 Å². The molecule has 0 radical (unpaired) electrons. The Bertz CT molecular complexity index is 945. The van der Waals surface area contributed by atoms with Gasteiger partial charge in [0.05, 0.1) is 0 Å². The first-order valence-corrected chi connectivity index (χ1v) is 27.1. The van der Waals surface area contributed by atoms with Gasteiger partial charge in [-0.15, -0.1) is 0 Å². The van der Waals surface area contributed by atoms with Gasteiger partial charge in [-0.1, -0.05) is 260 Å². The van der Waals surface area contributed by atoms with Crippen molar-refractivity contribution in [1.29, 1.82) is 0 Å². The van der Waals surface area contributed by atoms with Gasteiger partial charge in [0, 0.05) is 19.3 Å². The van der Waals surface area contributed by atoms with Crippen LogP contribution < -0.4 is 0 Å². The van der Waals surface area contributed by atoms with Gasteiger partial charge in [0.1, 0.15) is 13.2 Å². The van der Waals surface area contributed by atoms with Crippen molar-refractivity contribution in [2.24, 2.45) is 17.8 Å². The van der Waals surface area contributed by atoms with E-state index in [0.29, 0.717) is 19.3 Å². The molecule has 6 heteroatoms. The van der Waals surface area contributed by atoms with E-state index in [2.05, 4.69) is 41.5 Å². The van der Waals surface area contributed by atoms with Gasteiger partial charge < -0.3 is 14.2 Å². The predicted molar refractivity (Wildman–Crippen MR) is 261 cm³/mol. The Morgan fingerprint density at radius 1 is 0.279 bits per heavy atom. The van der Waals surface area contributed by atoms with E-state index in [0.717, 1.165) is 75.5 Å². The molecule has 0 amide bonds. The van der Waals surface area contributed by atoms with Crippen LogP contribution in [0.3, 0.4) is 0 Å². The van der Waals surface area contributed by atoms with Crippen molar-refractivity contribution in [3.63, 3.8) is 0 Å². The van der Waals surface area contributed by atoms with Crippen molar-refractivity contribution in [3.8, 4) is 0 Å². The fourth-order valence-corrected chi connectivity index (χ4v) is 8.29. The van der Waals surface area contributed by atoms with E-state index in [9.17, 15) is 14.4 Å². The molecule has 0 aliphatic rings. The summed E-state index contributed by atoms with van der Waals surface area (Å²) in [6, 6.07) is 0. The first-order valence-electron chi connectivity index (χ1n) is 27.1. The molecule has 0 aromatic rings. The standard InChI is InChI=1S/C55H106O6/c1-49(2)41-35-29-23-19-15-11-9-7-8-10-12-17-21-25-32-38-44-53(56)59-47-52(48-60-54(57)45-39-33-28-27-31-37-43-51(5)6)61-55(58)46-40-34-26-22-18-14-13-16-20-24-30-36-42-50(3)4/h49-52H,7-48H2,1-6H3/t52-/m0/s1. The van der Waals surface area contributed by atoms with Crippen LogP contribution in [0.5, 0.6) is 0 Å². The number of hydrogen-bond acceptors (Lipinski definition) is 6. The van der Waals surface area contributed by atoms with E-state index in [1.165, 1.54) is 180 Å². The first kappa shape index (κ1) is 59.4. The molecule has 362 valence electrons. The van der Waals surface area contributed by atoms with E-state index in [4.69, 9.17) is 14.2 Å². The Morgan fingerprint density at radius 2 is 0.475 bits per heavy atom. The average Bonchev–Trinajstić information content (AvgIpc) is 3.22. The van der Waals surface area contributed by atoms with Crippen LogP contribution in [-0.4, -0.2) is 37.2 Å². The Labute approximate surface area is 380 Å². The number of esters is 3. The third-order valence-electron chi connectivity index (χ3n) is 12.4. The van der Waals surface area contributed by atoms with Gasteiger partial charge in [-0.25, -0.2) is 0 Å². The van der Waals surface area contributed by atoms with Crippen molar-refractivity contribution in [2.75, 3.05) is 13.2 Å². The van der Waals surface area contributed by atoms with E-state index in [1.807, 2.05) is 0 Å². The van der Waals surface area contributed by atoms with Crippen LogP contribution in [0, 0.1) is 17.8 Å². The zero-order chi connectivity index (χ0) is 44.9. The highest BCUT2D eigenvalue weighted by Gasteiger charge is 2.19. The maximum absolute atomic E-state index is 12.8. The minimum Gasteiger partial charge on any atom is -0.462 e. The van der Waals surface area contributed by atoms with Crippen LogP contribution in [-0.2, 0) is 28.6 Å². The lowest BCUT2D eigenvalue weighted by Crippen LogP contribution is -2.30. The smallest absolute Gasteiger partial charge is 0.306 e. The predicted octanol–water partition coefficient (Wildman–Crippen LogP) is 17.6. The molecule has 0 unspecified atom stereocenters. The zero-order valence-electron chi connectivity index (χ0n) is 42.0. The molecule has 0 aliphatic heterocycles. The molecular formula is C55H106O6. The van der Waals surface area contributed by atoms with Gasteiger partial charge >= 0.3 is 17.9 Å². The Kier molecular flexibility index (Phi) is 45.2. The molecule has 0 rings (SSSR count). The zero-order valence-corrected chi connectivity index (χ0v) is 42.0. The third-order valence-corrected chi connectivity index (χ3v) is 12.4. The lowest BCUT2D eigenvalue weighted by Gasteiger charge is -2.18. The molecule has 61 heavy (non-hydrogen) atoms. The van der Waals surface area contributed by atoms with Crippen LogP contribution >= 0.6 is 0 Å². The summed E-state index contributed by atoms with van der Waals surface area (Å²) >= 11 is 0. The van der Waals surface area contributed by atoms with Gasteiger partial charge in [-0.3, -0.25) is 14.4 Å². The SMILES string of the molecule is CC(C)CCCCCCCCCCCCCCCCCCC(=O)OC[C@@H](COC(=O)CCCCCCCCC(C)C)OC(=O)CCCCCCCCCCCCCCC(C)C. The highest BCUT2D eigenvalue weighted by molar-refractivity contribution is 5.71. The minimum absolute atomic E-state index is 0.0649. The largest absolute Gasteiger partial charge is 0.462 e. The molecule has 0 bridgehead atoms. The number of carbonyl (C=O) groups excluding carboxylic acids is 3. The lowest BCUT2D eigenvalue weighted by molar-refractivity contribution is -0.167. The molecule has 1 atom stereocenters. The van der Waals surface area contributed by atoms with E-state index >= 15 is 0 Å². The highest BCUT2D eigenvalue weighted by atomic mass is 16.6. The van der Waals surface area contributed by atoms with E-state index in [-0.39, 0.29) is 31.1 Å². The van der Waals surface area contributed by atoms with Crippen LogP contribution in [0.1, 0.15) is 298 Å². The van der Waals surface area contributed by atoms with Gasteiger partial charge in [0.2, 0.25) is 0 Å². The average molecular weight is 863 g/mol. The summed E-state index contributed by atoms with van der Waals surface area (Å²) in [5.74, 6) is 1.59. The van der Waals surface area contributed by atoms with Crippen molar-refractivity contribution >= 4 is 17.9 Å². The van der Waals surface area contributed by atoms with Gasteiger partial charge in [0.25, 0.3) is 0 Å². The summed E-state index contributed by atoms with van der Waals surface area (Å²) in [5.41, 5.74) is 0. The van der Waals surface area contributed by atoms with Crippen LogP contribution in [0.25, 0.3) is 0 Å². The Hall–Kier alpha value is -1.59. The van der Waals surface area contributed by atoms with Crippen LogP contribution in [0.15, 0.2) is 0 Å². The first-order chi connectivity index (χ1) is 29.6. The number of carbonyl (C=O) groups is 3. The molecule has 0 fully saturated rings. The second-order valence-electron chi connectivity index (χ2n) is 20.3. The number of hydrogen-bond donors (Lipinski definition) is 0. The Morgan fingerprint density at radius 3 is 0.705 bits per heavy atom. The lowest BCUT2D eigenvalue weighted by atomic mass is 10.0. The number of ether oxygens (including phenoxy) is 3. The molecule has 0 saturated heterocycles. The normalized spacial score (nSPS) is 12.1. The highest BCUT2D eigenvalue weighted by Crippen LogP contribution is 2.18. The van der Waals surface area contributed by atoms with Gasteiger partial charge in [0.15, 0.2) is 6.10 Å². The third kappa shape index (κ3) is 49.3. The van der Waals surface area contributed by atoms with Gasteiger partial charge in [-0.05, 0) is 37.0 Å². The maximum atomic E-state index is 12.8. The molecule has 0 spiro atoms. The maximum Gasteiger partial charge on any atom is 0.306 e. The van der Waals surface area contributed by atoms with Crippen molar-refractivity contribution in [3.05, 3.63) is 0 Å². The second kappa shape index (κ2) is 46.4. The minimum atomic E-state index is -0.763. The summed E-state index contributed by atoms with van der Waals surface area (Å²) in [5, 5.41) is 0. The fourth-order valence-electron chi connectivity index (χ4n) is 8.29. The Balaban J connectivity index is 4.23. The van der Waals surface area contributed by atoms with Crippen LogP contribution in [0.2, 0.25) is 0 Å². The fraction of sp³-hybridized carbons (Fsp3) is 0.945. The molecule has 6 nitrogen and oxygen atoms in total. The molecule has 0 N–H and O–H groups in total. The molecule has 0 aromatic carbocycles. The summed E-state index contributed by atoms with van der Waals surface area (Å²) in [7, 11) is 0. The summed E-state index contributed by atoms with van der Waals surface area (Å²) in [6.07, 6.45) is 46.8. The summed E-state index contributed by atoms with van der Waals surface area (Å²) < 4.78 is 16.8. The topological polar surface area (TPSA) is 78.9 Å². The molecule has 0 saturated carbocycles. The van der Waals surface area contributed by atoms with Gasteiger partial charge in [-0.2, -0.15) is 0 Å². The summed E-state index contributed by atoms with van der Waals surface area (Å²) in [4.78, 5) is 37.9. The summed E-state index contributed by atoms with van der Waals surface area (Å²) in [6.45, 7) is 13.7. The molecule has 0 heterocycles.